The normalized spacial score (nSPS) is 11.3. The highest BCUT2D eigenvalue weighted by Crippen LogP contribution is 2.19. The minimum absolute atomic E-state index is 0.00802. The maximum atomic E-state index is 12.0. The summed E-state index contributed by atoms with van der Waals surface area (Å²) < 4.78 is 5.39. The molecule has 1 heterocycles. The summed E-state index contributed by atoms with van der Waals surface area (Å²) in [5, 5.41) is 10.6. The number of nitrogens with one attached hydrogen (secondary N) is 2. The second-order valence-corrected chi connectivity index (χ2v) is 7.64. The highest BCUT2D eigenvalue weighted by Gasteiger charge is 2.10. The van der Waals surface area contributed by atoms with Gasteiger partial charge in [-0.05, 0) is 41.8 Å². The fourth-order valence-electron chi connectivity index (χ4n) is 3.13. The van der Waals surface area contributed by atoms with Gasteiger partial charge < -0.3 is 20.1 Å². The highest BCUT2D eigenvalue weighted by molar-refractivity contribution is 5.93. The van der Waals surface area contributed by atoms with Crippen molar-refractivity contribution in [1.29, 1.82) is 0 Å². The molecule has 0 fully saturated rings. The molecule has 0 saturated heterocycles. The lowest BCUT2D eigenvalue weighted by Gasteiger charge is -2.13. The van der Waals surface area contributed by atoms with Crippen LogP contribution in [0, 0.1) is 0 Å². The van der Waals surface area contributed by atoms with Crippen molar-refractivity contribution in [3.63, 3.8) is 0 Å². The molecule has 0 aliphatic carbocycles. The van der Waals surface area contributed by atoms with Crippen molar-refractivity contribution >= 4 is 11.9 Å². The van der Waals surface area contributed by atoms with E-state index in [-0.39, 0.29) is 5.91 Å². The Morgan fingerprint density at radius 2 is 1.78 bits per heavy atom. The molecule has 8 nitrogen and oxygen atoms in total. The molecular formula is C24H30N6O2. The Balaban J connectivity index is 1.55. The molecule has 1 amide bonds. The van der Waals surface area contributed by atoms with Crippen LogP contribution in [-0.2, 0) is 19.5 Å². The number of guanidine groups is 1. The van der Waals surface area contributed by atoms with Crippen LogP contribution in [0.3, 0.4) is 0 Å². The molecule has 1 aromatic heterocycles. The number of hydrogen-bond acceptors (Lipinski definition) is 5. The number of rotatable bonds is 8. The summed E-state index contributed by atoms with van der Waals surface area (Å²) in [6, 6.07) is 15.6. The van der Waals surface area contributed by atoms with E-state index in [1.54, 1.807) is 26.0 Å². The number of nitrogens with zero attached hydrogens (tertiary/aromatic N) is 4. The minimum Gasteiger partial charge on any atom is -0.352 e. The number of benzene rings is 2. The molecule has 3 aromatic rings. The van der Waals surface area contributed by atoms with E-state index in [2.05, 4.69) is 32.7 Å². The SMILES string of the molecule is CCCc1noc(-c2cccc(CNC(=NC)NCc3ccc(C(=O)N(C)C)cc3)c2)n1. The zero-order valence-corrected chi connectivity index (χ0v) is 19.1. The third-order valence-electron chi connectivity index (χ3n) is 4.87. The fraction of sp³-hybridized carbons (Fsp3) is 0.333. The lowest BCUT2D eigenvalue weighted by atomic mass is 10.1. The summed E-state index contributed by atoms with van der Waals surface area (Å²) in [6.45, 7) is 3.28. The summed E-state index contributed by atoms with van der Waals surface area (Å²) in [7, 11) is 5.22. The summed E-state index contributed by atoms with van der Waals surface area (Å²) in [5.41, 5.74) is 3.70. The molecule has 0 aliphatic heterocycles. The predicted octanol–water partition coefficient (Wildman–Crippen LogP) is 3.26. The molecule has 0 saturated carbocycles. The van der Waals surface area contributed by atoms with Gasteiger partial charge in [-0.2, -0.15) is 4.98 Å². The quantitative estimate of drug-likeness (QED) is 0.417. The van der Waals surface area contributed by atoms with Crippen molar-refractivity contribution < 1.29 is 9.32 Å². The summed E-state index contributed by atoms with van der Waals surface area (Å²) >= 11 is 0. The van der Waals surface area contributed by atoms with Gasteiger partial charge in [-0.3, -0.25) is 9.79 Å². The van der Waals surface area contributed by atoms with Crippen LogP contribution in [0.25, 0.3) is 11.5 Å². The van der Waals surface area contributed by atoms with Crippen LogP contribution in [0.4, 0.5) is 0 Å². The molecule has 0 bridgehead atoms. The number of carbonyl (C=O) groups excluding carboxylic acids is 1. The molecule has 2 N–H and O–H groups in total. The van der Waals surface area contributed by atoms with Crippen LogP contribution in [-0.4, -0.2) is 48.1 Å². The second-order valence-electron chi connectivity index (χ2n) is 7.64. The first-order valence-electron chi connectivity index (χ1n) is 10.7. The van der Waals surface area contributed by atoms with Gasteiger partial charge in [0.1, 0.15) is 0 Å². The Hall–Kier alpha value is -3.68. The molecule has 0 aliphatic rings. The molecular weight excluding hydrogens is 404 g/mol. The maximum Gasteiger partial charge on any atom is 0.257 e. The Morgan fingerprint density at radius 3 is 2.44 bits per heavy atom. The van der Waals surface area contributed by atoms with Crippen LogP contribution in [0.5, 0.6) is 0 Å². The van der Waals surface area contributed by atoms with E-state index in [4.69, 9.17) is 4.52 Å². The van der Waals surface area contributed by atoms with E-state index in [0.29, 0.717) is 30.5 Å². The third-order valence-corrected chi connectivity index (χ3v) is 4.87. The van der Waals surface area contributed by atoms with E-state index >= 15 is 0 Å². The van der Waals surface area contributed by atoms with Crippen molar-refractivity contribution in [3.05, 3.63) is 71.0 Å². The van der Waals surface area contributed by atoms with Crippen molar-refractivity contribution in [1.82, 2.24) is 25.7 Å². The lowest BCUT2D eigenvalue weighted by molar-refractivity contribution is 0.0827. The van der Waals surface area contributed by atoms with E-state index in [0.717, 1.165) is 35.4 Å². The number of carbonyl (C=O) groups is 1. The van der Waals surface area contributed by atoms with Crippen molar-refractivity contribution in [3.8, 4) is 11.5 Å². The van der Waals surface area contributed by atoms with Gasteiger partial charge in [-0.25, -0.2) is 0 Å². The molecule has 168 valence electrons. The van der Waals surface area contributed by atoms with Gasteiger partial charge in [-0.15, -0.1) is 0 Å². The van der Waals surface area contributed by atoms with Crippen LogP contribution in [0.1, 0.15) is 40.7 Å². The predicted molar refractivity (Wildman–Crippen MR) is 125 cm³/mol. The molecule has 8 heteroatoms. The Bertz CT molecular complexity index is 1060. The van der Waals surface area contributed by atoms with Crippen LogP contribution in [0.2, 0.25) is 0 Å². The lowest BCUT2D eigenvalue weighted by Crippen LogP contribution is -2.36. The zero-order chi connectivity index (χ0) is 22.9. The van der Waals surface area contributed by atoms with E-state index < -0.39 is 0 Å². The first-order chi connectivity index (χ1) is 15.5. The Morgan fingerprint density at radius 1 is 1.06 bits per heavy atom. The van der Waals surface area contributed by atoms with E-state index in [9.17, 15) is 4.79 Å². The van der Waals surface area contributed by atoms with Gasteiger partial charge in [0.25, 0.3) is 11.8 Å². The van der Waals surface area contributed by atoms with Gasteiger partial charge in [0, 0.05) is 51.8 Å². The third kappa shape index (κ3) is 6.16. The van der Waals surface area contributed by atoms with Crippen LogP contribution >= 0.6 is 0 Å². The number of aryl methyl sites for hydroxylation is 1. The first-order valence-corrected chi connectivity index (χ1v) is 10.7. The summed E-state index contributed by atoms with van der Waals surface area (Å²) in [4.78, 5) is 22.3. The van der Waals surface area contributed by atoms with E-state index in [1.807, 2.05) is 48.5 Å². The fourth-order valence-corrected chi connectivity index (χ4v) is 3.13. The molecule has 0 atom stereocenters. The van der Waals surface area contributed by atoms with Gasteiger partial charge >= 0.3 is 0 Å². The number of amides is 1. The standard InChI is InChI=1S/C24H30N6O2/c1-5-7-21-28-22(32-29-21)20-9-6-8-18(14-20)16-27-24(25-2)26-15-17-10-12-19(13-11-17)23(31)30(3)4/h6,8-14H,5,7,15-16H2,1-4H3,(H2,25,26,27). The number of aromatic nitrogens is 2. The van der Waals surface area contributed by atoms with Gasteiger partial charge in [-0.1, -0.05) is 36.3 Å². The van der Waals surface area contributed by atoms with Gasteiger partial charge in [0.15, 0.2) is 11.8 Å². The molecule has 2 aromatic carbocycles. The van der Waals surface area contributed by atoms with Crippen molar-refractivity contribution in [2.24, 2.45) is 4.99 Å². The van der Waals surface area contributed by atoms with Crippen LogP contribution < -0.4 is 10.6 Å². The molecule has 0 unspecified atom stereocenters. The molecule has 32 heavy (non-hydrogen) atoms. The number of aliphatic imine (C=N–C) groups is 1. The molecule has 0 radical (unpaired) electrons. The second kappa shape index (κ2) is 11.1. The average molecular weight is 435 g/mol. The topological polar surface area (TPSA) is 95.7 Å². The molecule has 3 rings (SSSR count). The first kappa shape index (κ1) is 23.0. The number of hydrogen-bond donors (Lipinski definition) is 2. The summed E-state index contributed by atoms with van der Waals surface area (Å²) in [5.74, 6) is 1.95. The van der Waals surface area contributed by atoms with Crippen molar-refractivity contribution in [2.45, 2.75) is 32.9 Å². The maximum absolute atomic E-state index is 12.0. The Kier molecular flexibility index (Phi) is 7.96. The minimum atomic E-state index is -0.00802. The summed E-state index contributed by atoms with van der Waals surface area (Å²) in [6.07, 6.45) is 1.79. The largest absolute Gasteiger partial charge is 0.352 e. The smallest absolute Gasteiger partial charge is 0.257 e. The highest BCUT2D eigenvalue weighted by atomic mass is 16.5. The van der Waals surface area contributed by atoms with Gasteiger partial charge in [0.2, 0.25) is 0 Å². The van der Waals surface area contributed by atoms with Crippen molar-refractivity contribution in [2.75, 3.05) is 21.1 Å². The zero-order valence-electron chi connectivity index (χ0n) is 19.1. The van der Waals surface area contributed by atoms with E-state index in [1.165, 1.54) is 0 Å². The van der Waals surface area contributed by atoms with Crippen LogP contribution in [0.15, 0.2) is 58.0 Å². The monoisotopic (exact) mass is 434 g/mol. The molecule has 0 spiro atoms. The Labute approximate surface area is 188 Å². The van der Waals surface area contributed by atoms with Gasteiger partial charge in [0.05, 0.1) is 0 Å². The average Bonchev–Trinajstić information content (AvgIpc) is 3.28.